The molecule has 0 aliphatic carbocycles. The molecule has 2 aromatic carbocycles. The van der Waals surface area contributed by atoms with Crippen molar-refractivity contribution in [2.75, 3.05) is 27.3 Å². The SMILES string of the molecule is COc1ccc([C@@H]2C(C#N)=C(N=CN3CCCCCC3)Oc3cc(O)ccc32)cc1OC. The molecule has 1 fully saturated rings. The van der Waals surface area contributed by atoms with E-state index in [1.807, 2.05) is 18.2 Å². The van der Waals surface area contributed by atoms with Gasteiger partial charge in [-0.05, 0) is 36.6 Å². The Balaban J connectivity index is 1.79. The van der Waals surface area contributed by atoms with E-state index >= 15 is 0 Å². The molecule has 7 nitrogen and oxygen atoms in total. The summed E-state index contributed by atoms with van der Waals surface area (Å²) >= 11 is 0. The third-order valence-electron chi connectivity index (χ3n) is 5.87. The zero-order valence-corrected chi connectivity index (χ0v) is 18.4. The third kappa shape index (κ3) is 4.35. The Hall–Kier alpha value is -3.66. The first-order chi connectivity index (χ1) is 15.6. The van der Waals surface area contributed by atoms with Crippen molar-refractivity contribution in [2.45, 2.75) is 31.6 Å². The largest absolute Gasteiger partial charge is 0.508 e. The Morgan fingerprint density at radius 3 is 2.50 bits per heavy atom. The van der Waals surface area contributed by atoms with E-state index < -0.39 is 5.92 Å². The number of hydrogen-bond donors (Lipinski definition) is 1. The summed E-state index contributed by atoms with van der Waals surface area (Å²) in [4.78, 5) is 6.75. The summed E-state index contributed by atoms with van der Waals surface area (Å²) in [6.07, 6.45) is 6.48. The number of likely N-dealkylation sites (tertiary alicyclic amines) is 1. The fraction of sp³-hybridized carbons (Fsp3) is 0.360. The van der Waals surface area contributed by atoms with Crippen molar-refractivity contribution < 1.29 is 19.3 Å². The highest BCUT2D eigenvalue weighted by Crippen LogP contribution is 2.45. The Morgan fingerprint density at radius 1 is 1.06 bits per heavy atom. The van der Waals surface area contributed by atoms with E-state index in [0.717, 1.165) is 37.1 Å². The number of ether oxygens (including phenoxy) is 3. The predicted molar refractivity (Wildman–Crippen MR) is 121 cm³/mol. The molecule has 0 radical (unpaired) electrons. The second-order valence-electron chi connectivity index (χ2n) is 7.90. The van der Waals surface area contributed by atoms with Crippen molar-refractivity contribution in [1.29, 1.82) is 5.26 Å². The maximum Gasteiger partial charge on any atom is 0.235 e. The van der Waals surface area contributed by atoms with Gasteiger partial charge in [0.25, 0.3) is 0 Å². The summed E-state index contributed by atoms with van der Waals surface area (Å²) in [6.45, 7) is 1.88. The number of fused-ring (bicyclic) bond motifs is 1. The molecule has 166 valence electrons. The number of allylic oxidation sites excluding steroid dienone is 1. The van der Waals surface area contributed by atoms with Crippen LogP contribution in [-0.4, -0.2) is 43.7 Å². The molecule has 0 spiro atoms. The molecule has 4 rings (SSSR count). The van der Waals surface area contributed by atoms with E-state index in [1.54, 1.807) is 38.8 Å². The molecule has 0 amide bonds. The van der Waals surface area contributed by atoms with Gasteiger partial charge in [0.1, 0.15) is 23.1 Å². The van der Waals surface area contributed by atoms with Gasteiger partial charge in [-0.2, -0.15) is 5.26 Å². The third-order valence-corrected chi connectivity index (χ3v) is 5.87. The van der Waals surface area contributed by atoms with Gasteiger partial charge in [-0.1, -0.05) is 25.0 Å². The first-order valence-corrected chi connectivity index (χ1v) is 10.8. The first kappa shape index (κ1) is 21.6. The summed E-state index contributed by atoms with van der Waals surface area (Å²) in [7, 11) is 3.16. The van der Waals surface area contributed by atoms with Gasteiger partial charge in [-0.3, -0.25) is 0 Å². The highest BCUT2D eigenvalue weighted by Gasteiger charge is 2.32. The summed E-state index contributed by atoms with van der Waals surface area (Å²) in [6, 6.07) is 12.8. The molecule has 1 saturated heterocycles. The quantitative estimate of drug-likeness (QED) is 0.549. The Bertz CT molecular complexity index is 1080. The van der Waals surface area contributed by atoms with Crippen LogP contribution in [0.5, 0.6) is 23.0 Å². The molecule has 0 aromatic heterocycles. The number of nitriles is 1. The Kier molecular flexibility index (Phi) is 6.50. The zero-order chi connectivity index (χ0) is 22.5. The molecule has 7 heteroatoms. The average molecular weight is 434 g/mol. The molecule has 0 saturated carbocycles. The van der Waals surface area contributed by atoms with Crippen LogP contribution in [0.15, 0.2) is 52.8 Å². The molecule has 1 N–H and O–H groups in total. The second kappa shape index (κ2) is 9.65. The van der Waals surface area contributed by atoms with Gasteiger partial charge in [0.2, 0.25) is 5.88 Å². The van der Waals surface area contributed by atoms with E-state index in [2.05, 4.69) is 16.0 Å². The summed E-state index contributed by atoms with van der Waals surface area (Å²) < 4.78 is 16.9. The van der Waals surface area contributed by atoms with E-state index in [-0.39, 0.29) is 11.6 Å². The molecule has 0 unspecified atom stereocenters. The zero-order valence-electron chi connectivity index (χ0n) is 18.4. The minimum absolute atomic E-state index is 0.0890. The van der Waals surface area contributed by atoms with E-state index in [1.165, 1.54) is 12.8 Å². The number of nitrogens with zero attached hydrogens (tertiary/aromatic N) is 3. The molecular weight excluding hydrogens is 406 g/mol. The lowest BCUT2D eigenvalue weighted by atomic mass is 9.83. The van der Waals surface area contributed by atoms with Crippen LogP contribution in [0.3, 0.4) is 0 Å². The standard InChI is InChI=1S/C25H27N3O4/c1-30-21-10-7-17(13-23(21)31-2)24-19-9-8-18(29)14-22(19)32-25(20(24)15-26)27-16-28-11-5-3-4-6-12-28/h7-10,13-14,16,24,29H,3-6,11-12H2,1-2H3/t24-/m0/s1. The van der Waals surface area contributed by atoms with Gasteiger partial charge in [-0.25, -0.2) is 4.99 Å². The minimum atomic E-state index is -0.416. The summed E-state index contributed by atoms with van der Waals surface area (Å²) in [5.74, 6) is 1.58. The molecule has 0 bridgehead atoms. The first-order valence-electron chi connectivity index (χ1n) is 10.8. The molecule has 2 aromatic rings. The Labute approximate surface area is 188 Å². The highest BCUT2D eigenvalue weighted by molar-refractivity contribution is 5.62. The summed E-state index contributed by atoms with van der Waals surface area (Å²) in [5.41, 5.74) is 2.03. The van der Waals surface area contributed by atoms with Crippen molar-refractivity contribution in [2.24, 2.45) is 4.99 Å². The average Bonchev–Trinajstić information content (AvgIpc) is 3.10. The lowest BCUT2D eigenvalue weighted by Gasteiger charge is -2.27. The molecule has 32 heavy (non-hydrogen) atoms. The van der Waals surface area contributed by atoms with Crippen molar-refractivity contribution in [3.05, 3.63) is 59.0 Å². The van der Waals surface area contributed by atoms with E-state index in [0.29, 0.717) is 22.8 Å². The number of benzene rings is 2. The topological polar surface area (TPSA) is 87.3 Å². The number of aromatic hydroxyl groups is 1. The van der Waals surface area contributed by atoms with Gasteiger partial charge in [0.15, 0.2) is 11.5 Å². The maximum atomic E-state index is 10.1. The number of methoxy groups -OCH3 is 2. The number of rotatable bonds is 5. The molecule has 2 aliphatic heterocycles. The lowest BCUT2D eigenvalue weighted by Crippen LogP contribution is -2.23. The predicted octanol–water partition coefficient (Wildman–Crippen LogP) is 4.57. The van der Waals surface area contributed by atoms with Gasteiger partial charge >= 0.3 is 0 Å². The minimum Gasteiger partial charge on any atom is -0.508 e. The molecule has 1 atom stereocenters. The van der Waals surface area contributed by atoms with E-state index in [9.17, 15) is 10.4 Å². The Morgan fingerprint density at radius 2 is 1.81 bits per heavy atom. The van der Waals surface area contributed by atoms with Crippen LogP contribution >= 0.6 is 0 Å². The van der Waals surface area contributed by atoms with Crippen LogP contribution in [0.2, 0.25) is 0 Å². The van der Waals surface area contributed by atoms with Crippen LogP contribution in [-0.2, 0) is 0 Å². The number of aliphatic imine (C=N–C) groups is 1. The maximum absolute atomic E-state index is 10.1. The van der Waals surface area contributed by atoms with Crippen LogP contribution < -0.4 is 14.2 Å². The lowest BCUT2D eigenvalue weighted by molar-refractivity contribution is 0.354. The number of hydrogen-bond acceptors (Lipinski definition) is 6. The van der Waals surface area contributed by atoms with Crippen molar-refractivity contribution >= 4 is 6.34 Å². The molecular formula is C25H27N3O4. The van der Waals surface area contributed by atoms with E-state index in [4.69, 9.17) is 14.2 Å². The van der Waals surface area contributed by atoms with Gasteiger partial charge in [0.05, 0.1) is 26.5 Å². The van der Waals surface area contributed by atoms with Gasteiger partial charge < -0.3 is 24.2 Å². The van der Waals surface area contributed by atoms with Crippen LogP contribution in [0.1, 0.15) is 42.7 Å². The second-order valence-corrected chi connectivity index (χ2v) is 7.90. The number of phenolic OH excluding ortho intramolecular Hbond substituents is 1. The molecule has 2 aliphatic rings. The summed E-state index contributed by atoms with van der Waals surface area (Å²) in [5, 5.41) is 20.1. The fourth-order valence-electron chi connectivity index (χ4n) is 4.22. The van der Waals surface area contributed by atoms with Crippen LogP contribution in [0.4, 0.5) is 0 Å². The van der Waals surface area contributed by atoms with Crippen LogP contribution in [0, 0.1) is 11.3 Å². The highest BCUT2D eigenvalue weighted by atomic mass is 16.5. The van der Waals surface area contributed by atoms with Crippen LogP contribution in [0.25, 0.3) is 0 Å². The van der Waals surface area contributed by atoms with Crippen molar-refractivity contribution in [3.8, 4) is 29.1 Å². The smallest absolute Gasteiger partial charge is 0.235 e. The molecule has 2 heterocycles. The van der Waals surface area contributed by atoms with Crippen molar-refractivity contribution in [3.63, 3.8) is 0 Å². The monoisotopic (exact) mass is 433 g/mol. The fourth-order valence-corrected chi connectivity index (χ4v) is 4.22. The number of phenols is 1. The van der Waals surface area contributed by atoms with Gasteiger partial charge in [0, 0.05) is 24.7 Å². The normalized spacial score (nSPS) is 18.5. The van der Waals surface area contributed by atoms with Crippen molar-refractivity contribution in [1.82, 2.24) is 4.90 Å². The van der Waals surface area contributed by atoms with Gasteiger partial charge in [-0.15, -0.1) is 0 Å².